The lowest BCUT2D eigenvalue weighted by Crippen LogP contribution is -2.13. The zero-order chi connectivity index (χ0) is 13.8. The van der Waals surface area contributed by atoms with Crippen molar-refractivity contribution in [3.8, 4) is 0 Å². The Balaban J connectivity index is 2.11. The van der Waals surface area contributed by atoms with Gasteiger partial charge in [-0.05, 0) is 5.92 Å². The lowest BCUT2D eigenvalue weighted by molar-refractivity contribution is 0.0988. The van der Waals surface area contributed by atoms with E-state index in [1.807, 2.05) is 11.6 Å². The van der Waals surface area contributed by atoms with Gasteiger partial charge in [0, 0.05) is 19.2 Å². The van der Waals surface area contributed by atoms with E-state index in [9.17, 15) is 4.79 Å². The highest BCUT2D eigenvalue weighted by molar-refractivity contribution is 5.95. The highest BCUT2D eigenvalue weighted by atomic mass is 16.1. The zero-order valence-corrected chi connectivity index (χ0v) is 11.6. The number of aromatic nitrogens is 5. The summed E-state index contributed by atoms with van der Waals surface area (Å²) in [7, 11) is 0. The SMILES string of the molecule is CCC(=O)c1cnn(Cc2ncnn2CC(C)C)c1. The van der Waals surface area contributed by atoms with Crippen LogP contribution < -0.4 is 0 Å². The molecule has 0 atom stereocenters. The molecule has 6 heteroatoms. The van der Waals surface area contributed by atoms with Crippen LogP contribution in [0.5, 0.6) is 0 Å². The van der Waals surface area contributed by atoms with Crippen molar-refractivity contribution in [1.82, 2.24) is 24.5 Å². The molecule has 0 radical (unpaired) electrons. The van der Waals surface area contributed by atoms with E-state index in [1.54, 1.807) is 23.4 Å². The smallest absolute Gasteiger partial charge is 0.165 e. The van der Waals surface area contributed by atoms with Gasteiger partial charge in [0.1, 0.15) is 18.7 Å². The number of rotatable bonds is 6. The summed E-state index contributed by atoms with van der Waals surface area (Å²) in [6.45, 7) is 7.48. The third-order valence-corrected chi connectivity index (χ3v) is 2.81. The molecule has 0 N–H and O–H groups in total. The Bertz CT molecular complexity index is 555. The normalized spacial score (nSPS) is 11.2. The van der Waals surface area contributed by atoms with Gasteiger partial charge >= 0.3 is 0 Å². The number of carbonyl (C=O) groups excluding carboxylic acids is 1. The number of ketones is 1. The third kappa shape index (κ3) is 3.27. The second-order valence-corrected chi connectivity index (χ2v) is 4.96. The van der Waals surface area contributed by atoms with E-state index >= 15 is 0 Å². The molecule has 2 heterocycles. The van der Waals surface area contributed by atoms with Gasteiger partial charge in [0.15, 0.2) is 5.78 Å². The summed E-state index contributed by atoms with van der Waals surface area (Å²) < 4.78 is 3.61. The van der Waals surface area contributed by atoms with Gasteiger partial charge in [-0.2, -0.15) is 10.2 Å². The lowest BCUT2D eigenvalue weighted by atomic mass is 10.2. The van der Waals surface area contributed by atoms with Crippen LogP contribution in [0.25, 0.3) is 0 Å². The molecule has 0 bridgehead atoms. The van der Waals surface area contributed by atoms with E-state index < -0.39 is 0 Å². The van der Waals surface area contributed by atoms with Gasteiger partial charge in [0.25, 0.3) is 0 Å². The van der Waals surface area contributed by atoms with Crippen LogP contribution in [0.3, 0.4) is 0 Å². The van der Waals surface area contributed by atoms with E-state index in [2.05, 4.69) is 29.0 Å². The minimum Gasteiger partial charge on any atom is -0.294 e. The molecule has 0 saturated carbocycles. The summed E-state index contributed by atoms with van der Waals surface area (Å²) in [6, 6.07) is 0. The van der Waals surface area contributed by atoms with E-state index in [0.29, 0.717) is 24.4 Å². The first-order chi connectivity index (χ1) is 9.10. The Morgan fingerprint density at radius 2 is 2.16 bits per heavy atom. The fraction of sp³-hybridized carbons (Fsp3) is 0.538. The maximum Gasteiger partial charge on any atom is 0.165 e. The van der Waals surface area contributed by atoms with Crippen molar-refractivity contribution in [3.05, 3.63) is 30.1 Å². The molecule has 2 rings (SSSR count). The summed E-state index contributed by atoms with van der Waals surface area (Å²) in [5.41, 5.74) is 0.650. The Labute approximate surface area is 112 Å². The number of nitrogens with zero attached hydrogens (tertiary/aromatic N) is 5. The summed E-state index contributed by atoms with van der Waals surface area (Å²) in [6.07, 6.45) is 5.42. The first-order valence-electron chi connectivity index (χ1n) is 6.52. The second-order valence-electron chi connectivity index (χ2n) is 4.96. The standard InChI is InChI=1S/C13H19N5O/c1-4-12(19)11-5-15-17(7-11)8-13-14-9-16-18(13)6-10(2)3/h5,7,9-10H,4,6,8H2,1-3H3. The molecule has 0 saturated heterocycles. The van der Waals surface area contributed by atoms with Crippen molar-refractivity contribution in [2.75, 3.05) is 0 Å². The van der Waals surface area contributed by atoms with Gasteiger partial charge in [0.05, 0.1) is 11.8 Å². The molecule has 0 fully saturated rings. The van der Waals surface area contributed by atoms with E-state index in [0.717, 1.165) is 12.4 Å². The van der Waals surface area contributed by atoms with Crippen LogP contribution in [0.2, 0.25) is 0 Å². The average molecular weight is 261 g/mol. The molecule has 0 aromatic carbocycles. The Morgan fingerprint density at radius 3 is 2.84 bits per heavy atom. The summed E-state index contributed by atoms with van der Waals surface area (Å²) in [5, 5.41) is 8.40. The van der Waals surface area contributed by atoms with Crippen molar-refractivity contribution < 1.29 is 4.79 Å². The largest absolute Gasteiger partial charge is 0.294 e. The molecule has 2 aromatic heterocycles. The van der Waals surface area contributed by atoms with Crippen molar-refractivity contribution >= 4 is 5.78 Å². The van der Waals surface area contributed by atoms with E-state index in [1.165, 1.54) is 0 Å². The van der Waals surface area contributed by atoms with Crippen LogP contribution in [0.4, 0.5) is 0 Å². The van der Waals surface area contributed by atoms with Gasteiger partial charge in [-0.15, -0.1) is 0 Å². The maximum atomic E-state index is 11.6. The minimum absolute atomic E-state index is 0.106. The number of Topliss-reactive ketones (excluding diaryl/α,β-unsaturated/α-hetero) is 1. The van der Waals surface area contributed by atoms with Crippen molar-refractivity contribution in [1.29, 1.82) is 0 Å². The maximum absolute atomic E-state index is 11.6. The van der Waals surface area contributed by atoms with Crippen LogP contribution in [-0.4, -0.2) is 30.3 Å². The van der Waals surface area contributed by atoms with Crippen molar-refractivity contribution in [2.24, 2.45) is 5.92 Å². The molecule has 0 spiro atoms. The molecule has 19 heavy (non-hydrogen) atoms. The first kappa shape index (κ1) is 13.5. The molecule has 0 aliphatic rings. The molecule has 102 valence electrons. The number of hydrogen-bond acceptors (Lipinski definition) is 4. The van der Waals surface area contributed by atoms with Gasteiger partial charge in [0.2, 0.25) is 0 Å². The van der Waals surface area contributed by atoms with E-state index in [4.69, 9.17) is 0 Å². The van der Waals surface area contributed by atoms with E-state index in [-0.39, 0.29) is 5.78 Å². The highest BCUT2D eigenvalue weighted by Crippen LogP contribution is 2.06. The van der Waals surface area contributed by atoms with Gasteiger partial charge in [-0.25, -0.2) is 9.67 Å². The van der Waals surface area contributed by atoms with Crippen LogP contribution in [0, 0.1) is 5.92 Å². The molecule has 0 aliphatic heterocycles. The highest BCUT2D eigenvalue weighted by Gasteiger charge is 2.10. The fourth-order valence-corrected chi connectivity index (χ4v) is 1.85. The quantitative estimate of drug-likeness (QED) is 0.743. The third-order valence-electron chi connectivity index (χ3n) is 2.81. The fourth-order valence-electron chi connectivity index (χ4n) is 1.85. The molecule has 0 unspecified atom stereocenters. The summed E-state index contributed by atoms with van der Waals surface area (Å²) >= 11 is 0. The lowest BCUT2D eigenvalue weighted by Gasteiger charge is -2.08. The van der Waals surface area contributed by atoms with Crippen LogP contribution in [-0.2, 0) is 13.1 Å². The molecule has 0 aliphatic carbocycles. The van der Waals surface area contributed by atoms with Gasteiger partial charge < -0.3 is 0 Å². The molecule has 6 nitrogen and oxygen atoms in total. The van der Waals surface area contributed by atoms with Gasteiger partial charge in [-0.1, -0.05) is 20.8 Å². The zero-order valence-electron chi connectivity index (χ0n) is 11.6. The molecule has 0 amide bonds. The molecule has 2 aromatic rings. The topological polar surface area (TPSA) is 65.6 Å². The Hall–Kier alpha value is -1.98. The Morgan fingerprint density at radius 1 is 1.37 bits per heavy atom. The predicted molar refractivity (Wildman–Crippen MR) is 70.8 cm³/mol. The van der Waals surface area contributed by atoms with Crippen LogP contribution in [0.1, 0.15) is 43.4 Å². The minimum atomic E-state index is 0.106. The second kappa shape index (κ2) is 5.77. The first-order valence-corrected chi connectivity index (χ1v) is 6.52. The molecular weight excluding hydrogens is 242 g/mol. The summed E-state index contributed by atoms with van der Waals surface area (Å²) in [4.78, 5) is 15.8. The Kier molecular flexibility index (Phi) is 4.09. The monoisotopic (exact) mass is 261 g/mol. The summed E-state index contributed by atoms with van der Waals surface area (Å²) in [5.74, 6) is 1.47. The van der Waals surface area contributed by atoms with Crippen molar-refractivity contribution in [2.45, 2.75) is 40.3 Å². The number of carbonyl (C=O) groups is 1. The average Bonchev–Trinajstić information content (AvgIpc) is 2.99. The van der Waals surface area contributed by atoms with Crippen molar-refractivity contribution in [3.63, 3.8) is 0 Å². The van der Waals surface area contributed by atoms with Gasteiger partial charge in [-0.3, -0.25) is 9.48 Å². The predicted octanol–water partition coefficient (Wildman–Crippen LogP) is 1.77. The van der Waals surface area contributed by atoms with Crippen LogP contribution in [0.15, 0.2) is 18.7 Å². The molecular formula is C13H19N5O. The van der Waals surface area contributed by atoms with Crippen LogP contribution >= 0.6 is 0 Å². The number of hydrogen-bond donors (Lipinski definition) is 0.